The Balaban J connectivity index is 2.53. The standard InChI is InChI=1S/C17H19NO5/c1-4-23-17(21)14-9-15(18(11(14)2)10-16(19)20)12-5-7-13(22-3)8-6-12/h5-9H,4,10H2,1-3H3,(H,19,20). The molecule has 6 nitrogen and oxygen atoms in total. The van der Waals surface area contributed by atoms with Crippen molar-refractivity contribution in [3.8, 4) is 17.0 Å². The number of hydrogen-bond acceptors (Lipinski definition) is 4. The van der Waals surface area contributed by atoms with Gasteiger partial charge in [0.05, 0.1) is 19.3 Å². The number of ether oxygens (including phenoxy) is 2. The molecule has 0 amide bonds. The van der Waals surface area contributed by atoms with Gasteiger partial charge in [-0.15, -0.1) is 0 Å². The number of hydrogen-bond donors (Lipinski definition) is 1. The molecule has 0 atom stereocenters. The maximum Gasteiger partial charge on any atom is 0.339 e. The molecule has 0 saturated heterocycles. The van der Waals surface area contributed by atoms with Gasteiger partial charge in [0.15, 0.2) is 0 Å². The van der Waals surface area contributed by atoms with Crippen molar-refractivity contribution in [2.45, 2.75) is 20.4 Å². The molecule has 23 heavy (non-hydrogen) atoms. The van der Waals surface area contributed by atoms with E-state index in [0.29, 0.717) is 22.7 Å². The summed E-state index contributed by atoms with van der Waals surface area (Å²) in [6.07, 6.45) is 0. The molecule has 0 spiro atoms. The zero-order chi connectivity index (χ0) is 17.0. The molecule has 0 unspecified atom stereocenters. The Morgan fingerprint density at radius 3 is 2.39 bits per heavy atom. The minimum atomic E-state index is -0.978. The molecule has 122 valence electrons. The van der Waals surface area contributed by atoms with Crippen LogP contribution in [0.4, 0.5) is 0 Å². The van der Waals surface area contributed by atoms with E-state index in [0.717, 1.165) is 5.56 Å². The van der Waals surface area contributed by atoms with Crippen LogP contribution in [-0.4, -0.2) is 35.3 Å². The Morgan fingerprint density at radius 2 is 1.87 bits per heavy atom. The van der Waals surface area contributed by atoms with Gasteiger partial charge in [-0.25, -0.2) is 4.79 Å². The quantitative estimate of drug-likeness (QED) is 0.829. The SMILES string of the molecule is CCOC(=O)c1cc(-c2ccc(OC)cc2)n(CC(=O)O)c1C. The molecule has 0 fully saturated rings. The van der Waals surface area contributed by atoms with E-state index in [2.05, 4.69) is 0 Å². The lowest BCUT2D eigenvalue weighted by Crippen LogP contribution is -2.13. The number of nitrogens with zero attached hydrogens (tertiary/aromatic N) is 1. The third-order valence-electron chi connectivity index (χ3n) is 3.54. The molecule has 1 heterocycles. The van der Waals surface area contributed by atoms with E-state index in [1.54, 1.807) is 43.7 Å². The Hall–Kier alpha value is -2.76. The third kappa shape index (κ3) is 3.53. The highest BCUT2D eigenvalue weighted by Crippen LogP contribution is 2.28. The van der Waals surface area contributed by atoms with Crippen molar-refractivity contribution >= 4 is 11.9 Å². The van der Waals surface area contributed by atoms with E-state index in [1.807, 2.05) is 12.1 Å². The van der Waals surface area contributed by atoms with Gasteiger partial charge in [-0.3, -0.25) is 4.79 Å². The van der Waals surface area contributed by atoms with Crippen LogP contribution < -0.4 is 4.74 Å². The predicted octanol–water partition coefficient (Wildman–Crippen LogP) is 2.73. The van der Waals surface area contributed by atoms with Crippen LogP contribution in [0.25, 0.3) is 11.3 Å². The van der Waals surface area contributed by atoms with Gasteiger partial charge in [0.2, 0.25) is 0 Å². The maximum atomic E-state index is 12.0. The maximum absolute atomic E-state index is 12.0. The predicted molar refractivity (Wildman–Crippen MR) is 84.7 cm³/mol. The van der Waals surface area contributed by atoms with E-state index >= 15 is 0 Å². The van der Waals surface area contributed by atoms with Crippen molar-refractivity contribution in [1.29, 1.82) is 0 Å². The molecule has 2 rings (SSSR count). The summed E-state index contributed by atoms with van der Waals surface area (Å²) in [5.74, 6) is -0.731. The summed E-state index contributed by atoms with van der Waals surface area (Å²) < 4.78 is 11.8. The molecule has 0 saturated carbocycles. The number of aliphatic carboxylic acids is 1. The Labute approximate surface area is 134 Å². The summed E-state index contributed by atoms with van der Waals surface area (Å²) in [4.78, 5) is 23.2. The van der Waals surface area contributed by atoms with Gasteiger partial charge in [0, 0.05) is 11.4 Å². The van der Waals surface area contributed by atoms with E-state index < -0.39 is 11.9 Å². The zero-order valence-corrected chi connectivity index (χ0v) is 13.3. The number of methoxy groups -OCH3 is 1. The number of aromatic nitrogens is 1. The number of carboxylic acid groups (broad SMARTS) is 1. The summed E-state index contributed by atoms with van der Waals surface area (Å²) >= 11 is 0. The Morgan fingerprint density at radius 1 is 1.22 bits per heavy atom. The largest absolute Gasteiger partial charge is 0.497 e. The highest BCUT2D eigenvalue weighted by Gasteiger charge is 2.20. The van der Waals surface area contributed by atoms with Crippen molar-refractivity contribution in [3.05, 3.63) is 41.6 Å². The average molecular weight is 317 g/mol. The molecular formula is C17H19NO5. The van der Waals surface area contributed by atoms with Crippen LogP contribution in [-0.2, 0) is 16.1 Å². The van der Waals surface area contributed by atoms with E-state index in [-0.39, 0.29) is 13.2 Å². The number of esters is 1. The van der Waals surface area contributed by atoms with Crippen molar-refractivity contribution in [2.24, 2.45) is 0 Å². The molecule has 0 bridgehead atoms. The minimum Gasteiger partial charge on any atom is -0.497 e. The first-order valence-electron chi connectivity index (χ1n) is 7.21. The van der Waals surface area contributed by atoms with E-state index in [4.69, 9.17) is 14.6 Å². The first-order valence-corrected chi connectivity index (χ1v) is 7.21. The summed E-state index contributed by atoms with van der Waals surface area (Å²) in [6, 6.07) is 8.87. The van der Waals surface area contributed by atoms with Gasteiger partial charge >= 0.3 is 11.9 Å². The van der Waals surface area contributed by atoms with Crippen LogP contribution in [0.1, 0.15) is 23.0 Å². The lowest BCUT2D eigenvalue weighted by atomic mass is 10.1. The highest BCUT2D eigenvalue weighted by atomic mass is 16.5. The Bertz CT molecular complexity index is 715. The topological polar surface area (TPSA) is 77.8 Å². The van der Waals surface area contributed by atoms with Gasteiger partial charge in [-0.1, -0.05) is 0 Å². The fourth-order valence-corrected chi connectivity index (χ4v) is 2.40. The molecule has 6 heteroatoms. The van der Waals surface area contributed by atoms with Gasteiger partial charge in [0.1, 0.15) is 12.3 Å². The van der Waals surface area contributed by atoms with E-state index in [9.17, 15) is 9.59 Å². The number of carbonyl (C=O) groups is 2. The first-order chi connectivity index (χ1) is 11.0. The van der Waals surface area contributed by atoms with E-state index in [1.165, 1.54) is 0 Å². The van der Waals surface area contributed by atoms with Crippen LogP contribution in [0.3, 0.4) is 0 Å². The molecule has 0 aliphatic carbocycles. The van der Waals surface area contributed by atoms with Crippen molar-refractivity contribution in [1.82, 2.24) is 4.57 Å². The highest BCUT2D eigenvalue weighted by molar-refractivity contribution is 5.93. The normalized spacial score (nSPS) is 10.4. The number of rotatable bonds is 6. The minimum absolute atomic E-state index is 0.230. The van der Waals surface area contributed by atoms with Crippen LogP contribution >= 0.6 is 0 Å². The number of carbonyl (C=O) groups excluding carboxylic acids is 1. The molecule has 2 aromatic rings. The monoisotopic (exact) mass is 317 g/mol. The summed E-state index contributed by atoms with van der Waals surface area (Å²) in [5, 5.41) is 9.14. The summed E-state index contributed by atoms with van der Waals surface area (Å²) in [7, 11) is 1.57. The van der Waals surface area contributed by atoms with Gasteiger partial charge in [-0.05, 0) is 49.7 Å². The average Bonchev–Trinajstić information content (AvgIpc) is 2.84. The van der Waals surface area contributed by atoms with Gasteiger partial charge in [-0.2, -0.15) is 0 Å². The van der Waals surface area contributed by atoms with Crippen LogP contribution in [0.5, 0.6) is 5.75 Å². The fraction of sp³-hybridized carbons (Fsp3) is 0.294. The van der Waals surface area contributed by atoms with Crippen LogP contribution in [0.15, 0.2) is 30.3 Å². The summed E-state index contributed by atoms with van der Waals surface area (Å²) in [5.41, 5.74) is 2.39. The molecule has 0 aliphatic heterocycles. The molecule has 1 N–H and O–H groups in total. The van der Waals surface area contributed by atoms with Crippen LogP contribution in [0, 0.1) is 6.92 Å². The third-order valence-corrected chi connectivity index (χ3v) is 3.54. The Kier molecular flexibility index (Phi) is 5.05. The number of benzene rings is 1. The first kappa shape index (κ1) is 16.6. The van der Waals surface area contributed by atoms with Crippen molar-refractivity contribution < 1.29 is 24.2 Å². The zero-order valence-electron chi connectivity index (χ0n) is 13.3. The number of carboxylic acids is 1. The smallest absolute Gasteiger partial charge is 0.339 e. The fourth-order valence-electron chi connectivity index (χ4n) is 2.40. The molecule has 0 radical (unpaired) electrons. The lowest BCUT2D eigenvalue weighted by Gasteiger charge is -2.10. The molecule has 0 aliphatic rings. The molecule has 1 aromatic heterocycles. The van der Waals surface area contributed by atoms with Crippen molar-refractivity contribution in [2.75, 3.05) is 13.7 Å². The molecule has 1 aromatic carbocycles. The van der Waals surface area contributed by atoms with Crippen LogP contribution in [0.2, 0.25) is 0 Å². The second kappa shape index (κ2) is 7.00. The van der Waals surface area contributed by atoms with Gasteiger partial charge in [0.25, 0.3) is 0 Å². The molecular weight excluding hydrogens is 298 g/mol. The second-order valence-corrected chi connectivity index (χ2v) is 4.96. The summed E-state index contributed by atoms with van der Waals surface area (Å²) in [6.45, 7) is 3.47. The second-order valence-electron chi connectivity index (χ2n) is 4.96. The van der Waals surface area contributed by atoms with Crippen molar-refractivity contribution in [3.63, 3.8) is 0 Å². The van der Waals surface area contributed by atoms with Gasteiger partial charge < -0.3 is 19.1 Å². The lowest BCUT2D eigenvalue weighted by molar-refractivity contribution is -0.137.